The SMILES string of the molecule is CCOC(=O)c1cccnc1C=Cc1ccc(CN(C)C)cc1. The van der Waals surface area contributed by atoms with Gasteiger partial charge in [-0.05, 0) is 50.4 Å². The molecule has 0 saturated heterocycles. The van der Waals surface area contributed by atoms with Crippen molar-refractivity contribution >= 4 is 18.1 Å². The topological polar surface area (TPSA) is 42.4 Å². The molecular weight excluding hydrogens is 288 g/mol. The van der Waals surface area contributed by atoms with Gasteiger partial charge in [0.05, 0.1) is 17.9 Å². The van der Waals surface area contributed by atoms with E-state index in [0.717, 1.165) is 12.1 Å². The van der Waals surface area contributed by atoms with Crippen LogP contribution in [-0.4, -0.2) is 36.6 Å². The largest absolute Gasteiger partial charge is 0.462 e. The summed E-state index contributed by atoms with van der Waals surface area (Å²) in [5.74, 6) is -0.346. The molecule has 2 aromatic rings. The van der Waals surface area contributed by atoms with Gasteiger partial charge in [-0.25, -0.2) is 4.79 Å². The van der Waals surface area contributed by atoms with Crippen molar-refractivity contribution in [3.8, 4) is 0 Å². The average Bonchev–Trinajstić information content (AvgIpc) is 2.54. The predicted molar refractivity (Wildman–Crippen MR) is 93.0 cm³/mol. The van der Waals surface area contributed by atoms with Gasteiger partial charge >= 0.3 is 5.97 Å². The number of nitrogens with zero attached hydrogens (tertiary/aromatic N) is 2. The van der Waals surface area contributed by atoms with Crippen LogP contribution in [0.3, 0.4) is 0 Å². The number of hydrogen-bond donors (Lipinski definition) is 0. The third-order valence-electron chi connectivity index (χ3n) is 3.25. The van der Waals surface area contributed by atoms with Crippen molar-refractivity contribution in [1.82, 2.24) is 9.88 Å². The van der Waals surface area contributed by atoms with Crippen LogP contribution in [0, 0.1) is 0 Å². The van der Waals surface area contributed by atoms with Gasteiger partial charge in [-0.1, -0.05) is 30.3 Å². The fourth-order valence-electron chi connectivity index (χ4n) is 2.21. The second-order valence-corrected chi connectivity index (χ2v) is 5.47. The molecule has 1 aromatic carbocycles. The van der Waals surface area contributed by atoms with E-state index in [1.807, 2.05) is 26.2 Å². The van der Waals surface area contributed by atoms with Gasteiger partial charge in [0.15, 0.2) is 0 Å². The van der Waals surface area contributed by atoms with Crippen molar-refractivity contribution < 1.29 is 9.53 Å². The quantitative estimate of drug-likeness (QED) is 0.766. The Hall–Kier alpha value is -2.46. The van der Waals surface area contributed by atoms with E-state index in [0.29, 0.717) is 17.9 Å². The summed E-state index contributed by atoms with van der Waals surface area (Å²) in [6.07, 6.45) is 5.46. The van der Waals surface area contributed by atoms with Crippen LogP contribution in [0.1, 0.15) is 34.1 Å². The number of pyridine rings is 1. The van der Waals surface area contributed by atoms with E-state index >= 15 is 0 Å². The molecule has 0 atom stereocenters. The first kappa shape index (κ1) is 16.9. The summed E-state index contributed by atoms with van der Waals surface area (Å²) >= 11 is 0. The molecule has 0 amide bonds. The van der Waals surface area contributed by atoms with E-state index < -0.39 is 0 Å². The molecule has 1 aromatic heterocycles. The highest BCUT2D eigenvalue weighted by atomic mass is 16.5. The first-order valence-electron chi connectivity index (χ1n) is 7.64. The van der Waals surface area contributed by atoms with Gasteiger partial charge in [0.2, 0.25) is 0 Å². The molecule has 1 heterocycles. The van der Waals surface area contributed by atoms with Crippen LogP contribution in [-0.2, 0) is 11.3 Å². The fourth-order valence-corrected chi connectivity index (χ4v) is 2.21. The minimum Gasteiger partial charge on any atom is -0.462 e. The third kappa shape index (κ3) is 5.04. The predicted octanol–water partition coefficient (Wildman–Crippen LogP) is 3.49. The first-order chi connectivity index (χ1) is 11.1. The standard InChI is InChI=1S/C19H22N2O2/c1-4-23-19(22)17-6-5-13-20-18(17)12-11-15-7-9-16(10-8-15)14-21(2)3/h5-13H,4,14H2,1-3H3. The van der Waals surface area contributed by atoms with E-state index in [4.69, 9.17) is 4.74 Å². The van der Waals surface area contributed by atoms with E-state index in [9.17, 15) is 4.79 Å². The van der Waals surface area contributed by atoms with Crippen molar-refractivity contribution in [3.05, 3.63) is 65.0 Å². The summed E-state index contributed by atoms with van der Waals surface area (Å²) in [5, 5.41) is 0. The minimum absolute atomic E-state index is 0.346. The third-order valence-corrected chi connectivity index (χ3v) is 3.25. The highest BCUT2D eigenvalue weighted by Crippen LogP contribution is 2.13. The maximum atomic E-state index is 11.9. The van der Waals surface area contributed by atoms with Crippen LogP contribution < -0.4 is 0 Å². The first-order valence-corrected chi connectivity index (χ1v) is 7.64. The van der Waals surface area contributed by atoms with Crippen LogP contribution in [0.25, 0.3) is 12.2 Å². The van der Waals surface area contributed by atoms with Gasteiger partial charge in [-0.3, -0.25) is 4.98 Å². The van der Waals surface area contributed by atoms with Crippen molar-refractivity contribution in [2.75, 3.05) is 20.7 Å². The molecule has 23 heavy (non-hydrogen) atoms. The summed E-state index contributed by atoms with van der Waals surface area (Å²) in [7, 11) is 4.09. The molecule has 0 aliphatic rings. The van der Waals surface area contributed by atoms with Gasteiger partial charge in [-0.2, -0.15) is 0 Å². The van der Waals surface area contributed by atoms with Crippen LogP contribution in [0.4, 0.5) is 0 Å². The van der Waals surface area contributed by atoms with E-state index in [-0.39, 0.29) is 5.97 Å². The van der Waals surface area contributed by atoms with Crippen molar-refractivity contribution in [1.29, 1.82) is 0 Å². The smallest absolute Gasteiger partial charge is 0.340 e. The maximum Gasteiger partial charge on any atom is 0.340 e. The highest BCUT2D eigenvalue weighted by Gasteiger charge is 2.10. The zero-order valence-electron chi connectivity index (χ0n) is 13.8. The van der Waals surface area contributed by atoms with Crippen molar-refractivity contribution in [2.45, 2.75) is 13.5 Å². The Morgan fingerprint density at radius 2 is 1.91 bits per heavy atom. The van der Waals surface area contributed by atoms with E-state index in [2.05, 4.69) is 34.1 Å². The lowest BCUT2D eigenvalue weighted by Gasteiger charge is -2.09. The summed E-state index contributed by atoms with van der Waals surface area (Å²) in [4.78, 5) is 18.3. The number of esters is 1. The van der Waals surface area contributed by atoms with Gasteiger partial charge in [0.25, 0.3) is 0 Å². The molecule has 0 unspecified atom stereocenters. The summed E-state index contributed by atoms with van der Waals surface area (Å²) in [6, 6.07) is 11.8. The molecule has 0 saturated carbocycles. The zero-order valence-corrected chi connectivity index (χ0v) is 13.8. The van der Waals surface area contributed by atoms with Crippen LogP contribution >= 0.6 is 0 Å². The molecular formula is C19H22N2O2. The Balaban J connectivity index is 2.15. The molecule has 0 spiro atoms. The molecule has 0 fully saturated rings. The molecule has 0 aliphatic carbocycles. The normalized spacial score (nSPS) is 11.1. The number of carbonyl (C=O) groups excluding carboxylic acids is 1. The van der Waals surface area contributed by atoms with Crippen LogP contribution in [0.5, 0.6) is 0 Å². The second kappa shape index (κ2) is 8.25. The molecule has 0 N–H and O–H groups in total. The Bertz CT molecular complexity index is 676. The molecule has 120 valence electrons. The molecule has 0 aliphatic heterocycles. The lowest BCUT2D eigenvalue weighted by atomic mass is 10.1. The van der Waals surface area contributed by atoms with Crippen molar-refractivity contribution in [3.63, 3.8) is 0 Å². The van der Waals surface area contributed by atoms with Crippen LogP contribution in [0.2, 0.25) is 0 Å². The second-order valence-electron chi connectivity index (χ2n) is 5.47. The monoisotopic (exact) mass is 310 g/mol. The zero-order chi connectivity index (χ0) is 16.7. The number of benzene rings is 1. The van der Waals surface area contributed by atoms with Gasteiger partial charge in [0.1, 0.15) is 0 Å². The lowest BCUT2D eigenvalue weighted by molar-refractivity contribution is 0.0525. The molecule has 4 nitrogen and oxygen atoms in total. The van der Waals surface area contributed by atoms with E-state index in [1.54, 1.807) is 25.3 Å². The molecule has 4 heteroatoms. The number of rotatable bonds is 6. The van der Waals surface area contributed by atoms with Crippen LogP contribution in [0.15, 0.2) is 42.6 Å². The summed E-state index contributed by atoms with van der Waals surface area (Å²) < 4.78 is 5.06. The van der Waals surface area contributed by atoms with E-state index in [1.165, 1.54) is 5.56 Å². The number of carbonyl (C=O) groups is 1. The summed E-state index contributed by atoms with van der Waals surface area (Å²) in [5.41, 5.74) is 3.42. The maximum absolute atomic E-state index is 11.9. The molecule has 0 bridgehead atoms. The van der Waals surface area contributed by atoms with Gasteiger partial charge in [-0.15, -0.1) is 0 Å². The highest BCUT2D eigenvalue weighted by molar-refractivity contribution is 5.93. The fraction of sp³-hybridized carbons (Fsp3) is 0.263. The Morgan fingerprint density at radius 1 is 1.17 bits per heavy atom. The average molecular weight is 310 g/mol. The van der Waals surface area contributed by atoms with Crippen molar-refractivity contribution in [2.24, 2.45) is 0 Å². The Morgan fingerprint density at radius 3 is 2.57 bits per heavy atom. The molecule has 2 rings (SSSR count). The van der Waals surface area contributed by atoms with Gasteiger partial charge in [0, 0.05) is 12.7 Å². The summed E-state index contributed by atoms with van der Waals surface area (Å²) in [6.45, 7) is 3.06. The Kier molecular flexibility index (Phi) is 6.06. The van der Waals surface area contributed by atoms with Gasteiger partial charge < -0.3 is 9.64 Å². The number of hydrogen-bond acceptors (Lipinski definition) is 4. The Labute approximate surface area is 137 Å². The number of ether oxygens (including phenoxy) is 1. The minimum atomic E-state index is -0.346. The lowest BCUT2D eigenvalue weighted by Crippen LogP contribution is -2.10. The number of aromatic nitrogens is 1. The molecule has 0 radical (unpaired) electrons.